The third-order valence-corrected chi connectivity index (χ3v) is 2.78. The van der Waals surface area contributed by atoms with Gasteiger partial charge in [0.05, 0.1) is 0 Å². The van der Waals surface area contributed by atoms with Crippen LogP contribution in [-0.4, -0.2) is 23.8 Å². The van der Waals surface area contributed by atoms with Gasteiger partial charge in [-0.15, -0.1) is 0 Å². The lowest BCUT2D eigenvalue weighted by molar-refractivity contribution is -0.399. The second-order valence-electron chi connectivity index (χ2n) is 4.36. The van der Waals surface area contributed by atoms with Crippen molar-refractivity contribution in [1.82, 2.24) is 0 Å². The summed E-state index contributed by atoms with van der Waals surface area (Å²) in [5.74, 6) is -20.4. The molecule has 0 amide bonds. The second-order valence-corrected chi connectivity index (χ2v) is 4.36. The molecule has 1 aromatic rings. The van der Waals surface area contributed by atoms with Gasteiger partial charge in [0.15, 0.2) is 5.78 Å². The van der Waals surface area contributed by atoms with Crippen molar-refractivity contribution in [1.29, 1.82) is 0 Å². The molecule has 0 radical (unpaired) electrons. The highest BCUT2D eigenvalue weighted by molar-refractivity contribution is 5.94. The van der Waals surface area contributed by atoms with E-state index in [1.807, 2.05) is 0 Å². The summed E-state index contributed by atoms with van der Waals surface area (Å²) in [5, 5.41) is 0. The summed E-state index contributed by atoms with van der Waals surface area (Å²) in [4.78, 5) is 11.0. The first-order chi connectivity index (χ1) is 9.66. The molecule has 0 aliphatic carbocycles. The Balaban J connectivity index is 3.45. The summed E-state index contributed by atoms with van der Waals surface area (Å²) in [6.07, 6.45) is -6.88. The third-order valence-electron chi connectivity index (χ3n) is 2.78. The van der Waals surface area contributed by atoms with Crippen LogP contribution in [0.15, 0.2) is 24.3 Å². The maximum absolute atomic E-state index is 13.6. The van der Waals surface area contributed by atoms with Crippen LogP contribution in [0, 0.1) is 0 Å². The van der Waals surface area contributed by atoms with Crippen LogP contribution in [0.5, 0.6) is 0 Å². The minimum absolute atomic E-state index is 0.142. The highest BCUT2D eigenvalue weighted by atomic mass is 19.4. The van der Waals surface area contributed by atoms with E-state index in [-0.39, 0.29) is 12.1 Å². The predicted octanol–water partition coefficient (Wildman–Crippen LogP) is 4.81. The molecule has 1 rings (SSSR count). The van der Waals surface area contributed by atoms with Gasteiger partial charge >= 0.3 is 23.9 Å². The molecule has 0 aliphatic heterocycles. The highest BCUT2D eigenvalue weighted by Gasteiger charge is 2.82. The van der Waals surface area contributed by atoms with Crippen molar-refractivity contribution in [3.8, 4) is 0 Å². The van der Waals surface area contributed by atoms with Crippen LogP contribution in [0.4, 0.5) is 39.5 Å². The van der Waals surface area contributed by atoms with Gasteiger partial charge in [-0.2, -0.15) is 39.5 Å². The molecule has 0 saturated carbocycles. The first-order valence-corrected chi connectivity index (χ1v) is 5.48. The lowest BCUT2D eigenvalue weighted by atomic mass is 9.95. The molecule has 0 unspecified atom stereocenters. The second kappa shape index (κ2) is 5.17. The molecule has 124 valence electrons. The molecule has 0 fully saturated rings. The molecule has 22 heavy (non-hydrogen) atoms. The van der Waals surface area contributed by atoms with E-state index in [2.05, 4.69) is 0 Å². The first-order valence-electron chi connectivity index (χ1n) is 5.48. The van der Waals surface area contributed by atoms with Gasteiger partial charge in [0.1, 0.15) is 0 Å². The Labute approximate surface area is 117 Å². The van der Waals surface area contributed by atoms with E-state index in [0.29, 0.717) is 6.07 Å². The zero-order chi connectivity index (χ0) is 17.6. The molecule has 0 N–H and O–H groups in total. The molecule has 1 nitrogen and oxygen atoms in total. The maximum atomic E-state index is 13.6. The monoisotopic (exact) mass is 338 g/mol. The van der Waals surface area contributed by atoms with Crippen LogP contribution < -0.4 is 0 Å². The molecule has 0 heterocycles. The molecule has 0 bridgehead atoms. The number of ketones is 1. The number of hydrogen-bond donors (Lipinski definition) is 0. The zero-order valence-electron chi connectivity index (χ0n) is 10.6. The number of halogens is 9. The molecule has 0 saturated heterocycles. The Hall–Kier alpha value is -1.74. The van der Waals surface area contributed by atoms with Crippen molar-refractivity contribution in [3.63, 3.8) is 0 Å². The van der Waals surface area contributed by atoms with Crippen molar-refractivity contribution in [2.75, 3.05) is 0 Å². The SMILES string of the molecule is CC(=O)c1cccc(C(F)(F)C(F)(F)C(F)(F)C(F)(F)F)c1. The van der Waals surface area contributed by atoms with Gasteiger partial charge in [0.2, 0.25) is 0 Å². The Morgan fingerprint density at radius 3 is 1.77 bits per heavy atom. The molecule has 1 aromatic carbocycles. The van der Waals surface area contributed by atoms with E-state index in [1.54, 1.807) is 0 Å². The minimum atomic E-state index is -6.96. The van der Waals surface area contributed by atoms with E-state index in [1.165, 1.54) is 0 Å². The largest absolute Gasteiger partial charge is 0.460 e. The number of rotatable bonds is 4. The normalized spacial score (nSPS) is 14.1. The molecule has 0 spiro atoms. The van der Waals surface area contributed by atoms with Crippen LogP contribution in [0.1, 0.15) is 22.8 Å². The summed E-state index contributed by atoms with van der Waals surface area (Å²) in [6, 6.07) is 1.96. The Morgan fingerprint density at radius 2 is 1.36 bits per heavy atom. The van der Waals surface area contributed by atoms with E-state index >= 15 is 0 Å². The summed E-state index contributed by atoms with van der Waals surface area (Å²) in [7, 11) is 0. The fourth-order valence-electron chi connectivity index (χ4n) is 1.49. The van der Waals surface area contributed by atoms with Gasteiger partial charge in [-0.1, -0.05) is 18.2 Å². The topological polar surface area (TPSA) is 17.1 Å². The molecule has 0 atom stereocenters. The summed E-state index contributed by atoms with van der Waals surface area (Å²) in [5.41, 5.74) is -2.36. The summed E-state index contributed by atoms with van der Waals surface area (Å²) < 4.78 is 115. The van der Waals surface area contributed by atoms with Crippen LogP contribution in [0.3, 0.4) is 0 Å². The molecular weight excluding hydrogens is 331 g/mol. The van der Waals surface area contributed by atoms with Crippen molar-refractivity contribution in [2.24, 2.45) is 0 Å². The van der Waals surface area contributed by atoms with Crippen LogP contribution >= 0.6 is 0 Å². The summed E-state index contributed by atoms with van der Waals surface area (Å²) in [6.45, 7) is 0.875. The number of alkyl halides is 9. The quantitative estimate of drug-likeness (QED) is 0.569. The highest BCUT2D eigenvalue weighted by Crippen LogP contribution is 2.56. The van der Waals surface area contributed by atoms with Crippen molar-refractivity contribution in [3.05, 3.63) is 35.4 Å². The first kappa shape index (κ1) is 18.3. The standard InChI is InChI=1S/C12H7F9O/c1-6(22)7-3-2-4-8(5-7)9(13,14)10(15,16)11(17,18)12(19,20)21/h2-5H,1H3. The summed E-state index contributed by atoms with van der Waals surface area (Å²) >= 11 is 0. The van der Waals surface area contributed by atoms with Crippen molar-refractivity contribution < 1.29 is 44.3 Å². The van der Waals surface area contributed by atoms with Crippen molar-refractivity contribution >= 4 is 5.78 Å². The van der Waals surface area contributed by atoms with Gasteiger partial charge in [-0.25, -0.2) is 0 Å². The van der Waals surface area contributed by atoms with Gasteiger partial charge in [0.25, 0.3) is 0 Å². The van der Waals surface area contributed by atoms with Gasteiger partial charge < -0.3 is 0 Å². The Kier molecular flexibility index (Phi) is 4.30. The number of carbonyl (C=O) groups excluding carboxylic acids is 1. The maximum Gasteiger partial charge on any atom is 0.460 e. The molecule has 10 heteroatoms. The Morgan fingerprint density at radius 1 is 0.864 bits per heavy atom. The minimum Gasteiger partial charge on any atom is -0.295 e. The zero-order valence-corrected chi connectivity index (χ0v) is 10.6. The van der Waals surface area contributed by atoms with E-state index in [4.69, 9.17) is 0 Å². The van der Waals surface area contributed by atoms with Gasteiger partial charge in [0, 0.05) is 11.1 Å². The van der Waals surface area contributed by atoms with E-state index < -0.39 is 40.9 Å². The fourth-order valence-corrected chi connectivity index (χ4v) is 1.49. The van der Waals surface area contributed by atoms with E-state index in [9.17, 15) is 44.3 Å². The molecule has 0 aliphatic rings. The molecular formula is C12H7F9O. The lowest BCUT2D eigenvalue weighted by Crippen LogP contribution is -2.59. The van der Waals surface area contributed by atoms with Gasteiger partial charge in [-0.05, 0) is 13.0 Å². The predicted molar refractivity (Wildman–Crippen MR) is 56.3 cm³/mol. The lowest BCUT2D eigenvalue weighted by Gasteiger charge is -2.33. The van der Waals surface area contributed by atoms with Crippen LogP contribution in [0.25, 0.3) is 0 Å². The fraction of sp³-hybridized carbons (Fsp3) is 0.417. The number of benzene rings is 1. The Bertz CT molecular complexity index is 574. The average molecular weight is 338 g/mol. The third kappa shape index (κ3) is 2.66. The number of Topliss-reactive ketones (excluding diaryl/α,β-unsaturated/α-hetero) is 1. The smallest absolute Gasteiger partial charge is 0.295 e. The van der Waals surface area contributed by atoms with Crippen LogP contribution in [-0.2, 0) is 5.92 Å². The number of carbonyl (C=O) groups is 1. The van der Waals surface area contributed by atoms with Gasteiger partial charge in [-0.3, -0.25) is 4.79 Å². The number of hydrogen-bond acceptors (Lipinski definition) is 1. The average Bonchev–Trinajstić information content (AvgIpc) is 2.37. The molecule has 0 aromatic heterocycles. The van der Waals surface area contributed by atoms with Crippen LogP contribution in [0.2, 0.25) is 0 Å². The van der Waals surface area contributed by atoms with E-state index in [0.717, 1.165) is 13.0 Å². The van der Waals surface area contributed by atoms with Crippen molar-refractivity contribution in [2.45, 2.75) is 30.9 Å².